The Labute approximate surface area is 97.5 Å². The molecule has 0 aromatic rings. The summed E-state index contributed by atoms with van der Waals surface area (Å²) in [6.45, 7) is 0.296. The molecule has 8 nitrogen and oxygen atoms in total. The van der Waals surface area contributed by atoms with Crippen LogP contribution in [0.25, 0.3) is 0 Å². The van der Waals surface area contributed by atoms with Crippen molar-refractivity contribution in [2.75, 3.05) is 26.4 Å². The maximum Gasteiger partial charge on any atom is 0.337 e. The molecule has 4 N–H and O–H groups in total. The number of rotatable bonds is 4. The van der Waals surface area contributed by atoms with Crippen LogP contribution in [0.3, 0.4) is 0 Å². The van der Waals surface area contributed by atoms with E-state index in [1.54, 1.807) is 0 Å². The highest BCUT2D eigenvalue weighted by Gasteiger charge is 2.25. The molecule has 0 aromatic heterocycles. The summed E-state index contributed by atoms with van der Waals surface area (Å²) in [6, 6.07) is 0. The number of esters is 1. The average Bonchev–Trinajstić information content (AvgIpc) is 2.82. The zero-order valence-corrected chi connectivity index (χ0v) is 9.09. The van der Waals surface area contributed by atoms with Gasteiger partial charge in [0.2, 0.25) is 5.96 Å². The van der Waals surface area contributed by atoms with Crippen LogP contribution in [0.4, 0.5) is 0 Å². The zero-order valence-electron chi connectivity index (χ0n) is 9.09. The minimum absolute atomic E-state index is 0.222. The van der Waals surface area contributed by atoms with E-state index in [0.717, 1.165) is 0 Å². The number of ether oxygens (including phenoxy) is 1. The number of carbonyl (C=O) groups is 1. The van der Waals surface area contributed by atoms with E-state index in [1.807, 2.05) is 4.90 Å². The van der Waals surface area contributed by atoms with E-state index in [2.05, 4.69) is 15.8 Å². The molecule has 2 aliphatic heterocycles. The number of carbonyl (C=O) groups excluding carboxylic acids is 1. The molecule has 1 unspecified atom stereocenters. The molecule has 17 heavy (non-hydrogen) atoms. The quantitative estimate of drug-likeness (QED) is 0.404. The van der Waals surface area contributed by atoms with Gasteiger partial charge < -0.3 is 19.8 Å². The Hall–Kier alpha value is -1.64. The molecule has 2 aliphatic rings. The van der Waals surface area contributed by atoms with Gasteiger partial charge in [-0.15, -0.1) is 0 Å². The monoisotopic (exact) mass is 242 g/mol. The van der Waals surface area contributed by atoms with Crippen molar-refractivity contribution < 1.29 is 19.7 Å². The van der Waals surface area contributed by atoms with E-state index in [4.69, 9.17) is 14.9 Å². The van der Waals surface area contributed by atoms with Crippen LogP contribution in [0.5, 0.6) is 0 Å². The zero-order chi connectivity index (χ0) is 12.3. The Morgan fingerprint density at radius 3 is 3.29 bits per heavy atom. The number of aliphatic imine (C=N–C) groups is 1. The van der Waals surface area contributed by atoms with Gasteiger partial charge in [-0.3, -0.25) is 5.43 Å². The van der Waals surface area contributed by atoms with Gasteiger partial charge >= 0.3 is 5.97 Å². The molecular formula is C9H14N4O4. The van der Waals surface area contributed by atoms with Crippen LogP contribution in [-0.2, 0) is 9.53 Å². The third-order valence-electron chi connectivity index (χ3n) is 2.35. The van der Waals surface area contributed by atoms with Gasteiger partial charge in [0.1, 0.15) is 12.7 Å². The predicted molar refractivity (Wildman–Crippen MR) is 57.4 cm³/mol. The SMILES string of the molecule is O=C(OCC(O)CO)C1=CN=C2NNCN2C1. The molecule has 1 fully saturated rings. The van der Waals surface area contributed by atoms with E-state index in [1.165, 1.54) is 6.20 Å². The number of fused-ring (bicyclic) bond motifs is 1. The number of hydrogen-bond acceptors (Lipinski definition) is 8. The molecule has 0 spiro atoms. The highest BCUT2D eigenvalue weighted by Crippen LogP contribution is 2.10. The van der Waals surface area contributed by atoms with Crippen molar-refractivity contribution in [2.24, 2.45) is 4.99 Å². The molecule has 0 amide bonds. The first-order chi connectivity index (χ1) is 8.20. The maximum absolute atomic E-state index is 11.6. The van der Waals surface area contributed by atoms with Crippen molar-refractivity contribution in [2.45, 2.75) is 6.10 Å². The van der Waals surface area contributed by atoms with Gasteiger partial charge in [-0.2, -0.15) is 0 Å². The largest absolute Gasteiger partial charge is 0.459 e. The van der Waals surface area contributed by atoms with Gasteiger partial charge in [0.15, 0.2) is 0 Å². The number of nitrogens with one attached hydrogen (secondary N) is 2. The molecule has 1 atom stereocenters. The normalized spacial score (nSPS) is 20.0. The first-order valence-corrected chi connectivity index (χ1v) is 5.17. The van der Waals surface area contributed by atoms with Crippen LogP contribution in [0, 0.1) is 0 Å². The molecular weight excluding hydrogens is 228 g/mol. The van der Waals surface area contributed by atoms with Crippen LogP contribution in [0.2, 0.25) is 0 Å². The smallest absolute Gasteiger partial charge is 0.337 e. The molecule has 2 rings (SSSR count). The third-order valence-corrected chi connectivity index (χ3v) is 2.35. The fourth-order valence-corrected chi connectivity index (χ4v) is 1.43. The molecule has 0 radical (unpaired) electrons. The highest BCUT2D eigenvalue weighted by atomic mass is 16.5. The van der Waals surface area contributed by atoms with Gasteiger partial charge in [-0.1, -0.05) is 0 Å². The molecule has 0 bridgehead atoms. The number of hydrazine groups is 1. The molecule has 2 heterocycles. The van der Waals surface area contributed by atoms with Crippen molar-refractivity contribution in [3.05, 3.63) is 11.8 Å². The Morgan fingerprint density at radius 1 is 1.71 bits per heavy atom. The minimum atomic E-state index is -1.04. The molecule has 94 valence electrons. The van der Waals surface area contributed by atoms with Crippen molar-refractivity contribution >= 4 is 11.9 Å². The topological polar surface area (TPSA) is 106 Å². The van der Waals surface area contributed by atoms with E-state index < -0.39 is 18.7 Å². The lowest BCUT2D eigenvalue weighted by Crippen LogP contribution is -2.36. The van der Waals surface area contributed by atoms with E-state index >= 15 is 0 Å². The molecule has 0 aliphatic carbocycles. The van der Waals surface area contributed by atoms with Gasteiger partial charge in [-0.25, -0.2) is 15.2 Å². The Morgan fingerprint density at radius 2 is 2.53 bits per heavy atom. The predicted octanol–water partition coefficient (Wildman–Crippen LogP) is -2.50. The molecule has 0 aromatic carbocycles. The van der Waals surface area contributed by atoms with Gasteiger partial charge in [0.05, 0.1) is 25.4 Å². The highest BCUT2D eigenvalue weighted by molar-refractivity contribution is 5.92. The second-order valence-electron chi connectivity index (χ2n) is 3.70. The van der Waals surface area contributed by atoms with Crippen LogP contribution in [0.15, 0.2) is 16.8 Å². The summed E-state index contributed by atoms with van der Waals surface area (Å²) >= 11 is 0. The first kappa shape index (κ1) is 11.8. The van der Waals surface area contributed by atoms with E-state index in [-0.39, 0.29) is 6.61 Å². The fraction of sp³-hybridized carbons (Fsp3) is 0.556. The lowest BCUT2D eigenvalue weighted by atomic mass is 10.2. The van der Waals surface area contributed by atoms with E-state index in [9.17, 15) is 4.79 Å². The molecule has 0 saturated carbocycles. The molecule has 8 heteroatoms. The number of guanidine groups is 1. The summed E-state index contributed by atoms with van der Waals surface area (Å²) < 4.78 is 4.83. The summed E-state index contributed by atoms with van der Waals surface area (Å²) in [5, 5.41) is 17.6. The average molecular weight is 242 g/mol. The van der Waals surface area contributed by atoms with Crippen molar-refractivity contribution in [3.8, 4) is 0 Å². The standard InChI is InChI=1S/C9H14N4O4/c14-3-7(15)4-17-8(16)6-1-10-9-12-11-5-13(9)2-6/h1,7,11,14-15H,2-5H2,(H,10,12). The van der Waals surface area contributed by atoms with Gasteiger partial charge in [0.25, 0.3) is 0 Å². The summed E-state index contributed by atoms with van der Waals surface area (Å²) in [5.74, 6) is 0.129. The van der Waals surface area contributed by atoms with Crippen LogP contribution in [0.1, 0.15) is 0 Å². The van der Waals surface area contributed by atoms with E-state index in [0.29, 0.717) is 24.7 Å². The molecule has 1 saturated heterocycles. The van der Waals surface area contributed by atoms with Crippen molar-refractivity contribution in [3.63, 3.8) is 0 Å². The Balaban J connectivity index is 1.88. The lowest BCUT2D eigenvalue weighted by molar-refractivity contribution is -0.142. The number of aliphatic hydroxyl groups is 2. The summed E-state index contributed by atoms with van der Waals surface area (Å²) in [7, 11) is 0. The van der Waals surface area contributed by atoms with Crippen molar-refractivity contribution in [1.29, 1.82) is 0 Å². The fourth-order valence-electron chi connectivity index (χ4n) is 1.43. The van der Waals surface area contributed by atoms with Crippen LogP contribution < -0.4 is 10.9 Å². The summed E-state index contributed by atoms with van der Waals surface area (Å²) in [4.78, 5) is 17.5. The number of aliphatic hydroxyl groups excluding tert-OH is 2. The first-order valence-electron chi connectivity index (χ1n) is 5.17. The maximum atomic E-state index is 11.6. The summed E-state index contributed by atoms with van der Waals surface area (Å²) in [6.07, 6.45) is 0.386. The van der Waals surface area contributed by atoms with Gasteiger partial charge in [0, 0.05) is 6.20 Å². The van der Waals surface area contributed by atoms with Crippen LogP contribution >= 0.6 is 0 Å². The number of hydrogen-bond donors (Lipinski definition) is 4. The summed E-state index contributed by atoms with van der Waals surface area (Å²) in [5.41, 5.74) is 6.11. The second-order valence-corrected chi connectivity index (χ2v) is 3.70. The lowest BCUT2D eigenvalue weighted by Gasteiger charge is -2.20. The van der Waals surface area contributed by atoms with Crippen LogP contribution in [-0.4, -0.2) is 59.6 Å². The minimum Gasteiger partial charge on any atom is -0.459 e. The van der Waals surface area contributed by atoms with Crippen molar-refractivity contribution in [1.82, 2.24) is 15.8 Å². The third kappa shape index (κ3) is 2.73. The Kier molecular flexibility index (Phi) is 3.57. The Bertz CT molecular complexity index is 368. The second kappa shape index (κ2) is 5.13. The van der Waals surface area contributed by atoms with Gasteiger partial charge in [-0.05, 0) is 0 Å². The number of nitrogens with zero attached hydrogens (tertiary/aromatic N) is 2.